The van der Waals surface area contributed by atoms with Crippen molar-refractivity contribution in [3.63, 3.8) is 0 Å². The van der Waals surface area contributed by atoms with Crippen molar-refractivity contribution in [3.05, 3.63) is 41.6 Å². The van der Waals surface area contributed by atoms with Crippen molar-refractivity contribution in [1.29, 1.82) is 0 Å². The van der Waals surface area contributed by atoms with Crippen LogP contribution < -0.4 is 5.73 Å². The van der Waals surface area contributed by atoms with Gasteiger partial charge in [-0.15, -0.1) is 13.2 Å². The monoisotopic (exact) mass is 269 g/mol. The van der Waals surface area contributed by atoms with Crippen molar-refractivity contribution in [1.82, 2.24) is 9.78 Å². The van der Waals surface area contributed by atoms with E-state index < -0.39 is 12.2 Å². The number of hydrogen-bond acceptors (Lipinski definition) is 2. The Labute approximate surface area is 106 Å². The minimum atomic E-state index is -4.69. The summed E-state index contributed by atoms with van der Waals surface area (Å²) in [6, 6.07) is 8.12. The van der Waals surface area contributed by atoms with Crippen LogP contribution >= 0.6 is 0 Å². The summed E-state index contributed by atoms with van der Waals surface area (Å²) in [6.45, 7) is 1.16. The number of nitrogens with zero attached hydrogens (tertiary/aromatic N) is 2. The largest absolute Gasteiger partial charge is 0.504 e. The van der Waals surface area contributed by atoms with Gasteiger partial charge in [-0.1, -0.05) is 30.3 Å². The van der Waals surface area contributed by atoms with E-state index in [0.29, 0.717) is 5.56 Å². The highest BCUT2D eigenvalue weighted by Gasteiger charge is 2.36. The van der Waals surface area contributed by atoms with Gasteiger partial charge in [0.1, 0.15) is 5.69 Å². The normalized spacial score (nSPS) is 11.6. The molecule has 0 atom stereocenters. The Hall–Kier alpha value is -2.31. The highest BCUT2D eigenvalue weighted by molar-refractivity contribution is 6.00. The first-order chi connectivity index (χ1) is 8.82. The lowest BCUT2D eigenvalue weighted by atomic mass is 10.1. The zero-order valence-corrected chi connectivity index (χ0v) is 9.90. The fraction of sp³-hybridized carbons (Fsp3) is 0.167. The van der Waals surface area contributed by atoms with E-state index in [4.69, 9.17) is 5.73 Å². The first-order valence-electron chi connectivity index (χ1n) is 5.34. The summed E-state index contributed by atoms with van der Waals surface area (Å²) in [5, 5.41) is 3.46. The molecule has 0 aliphatic carbocycles. The molecule has 1 heterocycles. The Bertz CT molecular complexity index is 617. The maximum absolute atomic E-state index is 12.8. The molecule has 1 amide bonds. The molecule has 0 saturated heterocycles. The average Bonchev–Trinajstić information content (AvgIpc) is 2.68. The third-order valence-corrected chi connectivity index (χ3v) is 2.65. The molecular formula is C12H10F3N3O. The average molecular weight is 269 g/mol. The maximum Gasteiger partial charge on any atom is 0.504 e. The van der Waals surface area contributed by atoms with Crippen LogP contribution in [0.1, 0.15) is 16.1 Å². The summed E-state index contributed by atoms with van der Waals surface area (Å²) >= 11 is 0. The van der Waals surface area contributed by atoms with Gasteiger partial charge in [-0.3, -0.25) is 4.79 Å². The Morgan fingerprint density at radius 2 is 1.84 bits per heavy atom. The highest BCUT2D eigenvalue weighted by atomic mass is 19.4. The number of carbonyl (C=O) groups is 1. The van der Waals surface area contributed by atoms with Crippen LogP contribution in [0.3, 0.4) is 0 Å². The second-order valence-electron chi connectivity index (χ2n) is 3.92. The molecule has 7 heteroatoms. The lowest BCUT2D eigenvalue weighted by Crippen LogP contribution is -2.21. The second kappa shape index (κ2) is 4.42. The Balaban J connectivity index is 2.71. The topological polar surface area (TPSA) is 60.9 Å². The molecule has 2 rings (SSSR count). The molecule has 1 aromatic carbocycles. The van der Waals surface area contributed by atoms with Crippen LogP contribution in [0.15, 0.2) is 30.3 Å². The van der Waals surface area contributed by atoms with Gasteiger partial charge in [0, 0.05) is 5.56 Å². The third-order valence-electron chi connectivity index (χ3n) is 2.65. The molecule has 1 aromatic heterocycles. The fourth-order valence-electron chi connectivity index (χ4n) is 1.84. The standard InChI is InChI=1S/C12H10F3N3O/c1-7-9(11(16)19)10(8-5-3-2-4-6-8)17-18(7)12(13,14)15/h2-6H,1H3,(H2,16,19). The zero-order valence-electron chi connectivity index (χ0n) is 9.90. The first kappa shape index (κ1) is 13.1. The van der Waals surface area contributed by atoms with E-state index >= 15 is 0 Å². The van der Waals surface area contributed by atoms with E-state index in [0.717, 1.165) is 6.92 Å². The molecule has 0 radical (unpaired) electrons. The number of carbonyl (C=O) groups excluding carboxylic acids is 1. The van der Waals surface area contributed by atoms with Gasteiger partial charge in [0.25, 0.3) is 5.91 Å². The van der Waals surface area contributed by atoms with E-state index in [-0.39, 0.29) is 21.6 Å². The van der Waals surface area contributed by atoms with Crippen molar-refractivity contribution in [2.75, 3.05) is 0 Å². The number of aromatic nitrogens is 2. The van der Waals surface area contributed by atoms with Crippen molar-refractivity contribution in [2.45, 2.75) is 13.2 Å². The Kier molecular flexibility index (Phi) is 3.05. The molecule has 2 N–H and O–H groups in total. The van der Waals surface area contributed by atoms with E-state index in [1.807, 2.05) is 0 Å². The summed E-state index contributed by atoms with van der Waals surface area (Å²) in [7, 11) is 0. The molecular weight excluding hydrogens is 259 g/mol. The lowest BCUT2D eigenvalue weighted by Gasteiger charge is -2.07. The molecule has 19 heavy (non-hydrogen) atoms. The van der Waals surface area contributed by atoms with E-state index in [9.17, 15) is 18.0 Å². The molecule has 2 aromatic rings. The molecule has 0 unspecified atom stereocenters. The Morgan fingerprint density at radius 1 is 1.26 bits per heavy atom. The molecule has 0 bridgehead atoms. The number of rotatable bonds is 2. The summed E-state index contributed by atoms with van der Waals surface area (Å²) < 4.78 is 38.2. The lowest BCUT2D eigenvalue weighted by molar-refractivity contribution is -0.213. The van der Waals surface area contributed by atoms with Crippen molar-refractivity contribution >= 4 is 5.91 Å². The second-order valence-corrected chi connectivity index (χ2v) is 3.92. The van der Waals surface area contributed by atoms with Gasteiger partial charge in [0.15, 0.2) is 0 Å². The number of alkyl halides is 3. The summed E-state index contributed by atoms with van der Waals surface area (Å²) in [5.74, 6) is -0.938. The van der Waals surface area contributed by atoms with Gasteiger partial charge in [-0.25, -0.2) is 0 Å². The molecule has 0 aliphatic rings. The van der Waals surface area contributed by atoms with Gasteiger partial charge in [0.05, 0.1) is 11.3 Å². The van der Waals surface area contributed by atoms with E-state index in [1.54, 1.807) is 30.3 Å². The summed E-state index contributed by atoms with van der Waals surface area (Å²) in [5.41, 5.74) is 4.95. The van der Waals surface area contributed by atoms with Gasteiger partial charge in [0.2, 0.25) is 0 Å². The summed E-state index contributed by atoms with van der Waals surface area (Å²) in [4.78, 5) is 11.4. The van der Waals surface area contributed by atoms with Crippen LogP contribution in [0, 0.1) is 6.92 Å². The number of primary amides is 1. The van der Waals surface area contributed by atoms with Gasteiger partial charge >= 0.3 is 6.30 Å². The van der Waals surface area contributed by atoms with Crippen LogP contribution in [-0.2, 0) is 6.30 Å². The predicted octanol–water partition coefficient (Wildman–Crippen LogP) is 2.43. The predicted molar refractivity (Wildman–Crippen MR) is 62.2 cm³/mol. The number of benzene rings is 1. The molecule has 0 aliphatic heterocycles. The van der Waals surface area contributed by atoms with Crippen molar-refractivity contribution in [2.24, 2.45) is 5.73 Å². The van der Waals surface area contributed by atoms with Crippen LogP contribution in [0.4, 0.5) is 13.2 Å². The minimum absolute atomic E-state index is 0.0667. The SMILES string of the molecule is Cc1c(C(N)=O)c(-c2ccccc2)nn1C(F)(F)F. The van der Waals surface area contributed by atoms with Crippen LogP contribution in [0.25, 0.3) is 11.3 Å². The summed E-state index contributed by atoms with van der Waals surface area (Å²) in [6.07, 6.45) is -4.69. The van der Waals surface area contributed by atoms with Crippen LogP contribution in [0.5, 0.6) is 0 Å². The smallest absolute Gasteiger partial charge is 0.365 e. The molecule has 100 valence electrons. The fourth-order valence-corrected chi connectivity index (χ4v) is 1.84. The van der Waals surface area contributed by atoms with E-state index in [2.05, 4.69) is 5.10 Å². The van der Waals surface area contributed by atoms with Crippen molar-refractivity contribution in [3.8, 4) is 11.3 Å². The number of nitrogens with two attached hydrogens (primary N) is 1. The number of hydrogen-bond donors (Lipinski definition) is 1. The van der Waals surface area contributed by atoms with Gasteiger partial charge < -0.3 is 5.73 Å². The van der Waals surface area contributed by atoms with E-state index in [1.165, 1.54) is 0 Å². The molecule has 0 spiro atoms. The van der Waals surface area contributed by atoms with Crippen molar-refractivity contribution < 1.29 is 18.0 Å². The van der Waals surface area contributed by atoms with Gasteiger partial charge in [-0.05, 0) is 6.92 Å². The van der Waals surface area contributed by atoms with Gasteiger partial charge in [-0.2, -0.15) is 9.78 Å². The third kappa shape index (κ3) is 2.31. The number of halogens is 3. The first-order valence-corrected chi connectivity index (χ1v) is 5.34. The molecule has 0 fully saturated rings. The highest BCUT2D eigenvalue weighted by Crippen LogP contribution is 2.30. The van der Waals surface area contributed by atoms with Crippen LogP contribution in [-0.4, -0.2) is 15.7 Å². The zero-order chi connectivity index (χ0) is 14.2. The minimum Gasteiger partial charge on any atom is -0.365 e. The quantitative estimate of drug-likeness (QED) is 0.910. The Morgan fingerprint density at radius 3 is 2.32 bits per heavy atom. The number of amides is 1. The molecule has 4 nitrogen and oxygen atoms in total. The molecule has 0 saturated carbocycles. The van der Waals surface area contributed by atoms with Crippen LogP contribution in [0.2, 0.25) is 0 Å². The maximum atomic E-state index is 12.8.